The van der Waals surface area contributed by atoms with E-state index in [9.17, 15) is 9.59 Å². The summed E-state index contributed by atoms with van der Waals surface area (Å²) in [7, 11) is 0. The lowest BCUT2D eigenvalue weighted by Gasteiger charge is -2.06. The number of carbonyl (C=O) groups excluding carboxylic acids is 2. The molecule has 0 saturated carbocycles. The molecule has 0 saturated heterocycles. The fourth-order valence-electron chi connectivity index (χ4n) is 1.81. The predicted octanol–water partition coefficient (Wildman–Crippen LogP) is 2.80. The van der Waals surface area contributed by atoms with Crippen LogP contribution in [0.25, 0.3) is 0 Å². The Balaban J connectivity index is 1.90. The van der Waals surface area contributed by atoms with E-state index in [0.29, 0.717) is 12.4 Å². The number of ether oxygens (including phenoxy) is 2. The highest BCUT2D eigenvalue weighted by molar-refractivity contribution is 6.04. The van der Waals surface area contributed by atoms with Crippen molar-refractivity contribution in [1.82, 2.24) is 4.98 Å². The smallest absolute Gasteiger partial charge is 0.313 e. The molecule has 0 aliphatic rings. The normalized spacial score (nSPS) is 10.0. The van der Waals surface area contributed by atoms with Crippen molar-refractivity contribution in [2.75, 3.05) is 6.61 Å². The maximum atomic E-state index is 11.8. The molecule has 0 unspecified atom stereocenters. The van der Waals surface area contributed by atoms with Crippen LogP contribution in [0.5, 0.6) is 5.75 Å². The minimum Gasteiger partial charge on any atom is -0.487 e. The number of benzene rings is 1. The second kappa shape index (κ2) is 7.93. The molecule has 0 N–H and O–H groups in total. The Kier molecular flexibility index (Phi) is 5.65. The average molecular weight is 299 g/mol. The Morgan fingerprint density at radius 1 is 1.09 bits per heavy atom. The van der Waals surface area contributed by atoms with Crippen molar-refractivity contribution >= 4 is 11.8 Å². The van der Waals surface area contributed by atoms with Crippen LogP contribution >= 0.6 is 0 Å². The average Bonchev–Trinajstić information content (AvgIpc) is 2.54. The van der Waals surface area contributed by atoms with Gasteiger partial charge in [-0.15, -0.1) is 0 Å². The van der Waals surface area contributed by atoms with E-state index in [1.54, 1.807) is 19.1 Å². The van der Waals surface area contributed by atoms with E-state index >= 15 is 0 Å². The van der Waals surface area contributed by atoms with Crippen LogP contribution in [0.4, 0.5) is 0 Å². The summed E-state index contributed by atoms with van der Waals surface area (Å²) in [4.78, 5) is 27.1. The van der Waals surface area contributed by atoms with Crippen molar-refractivity contribution < 1.29 is 19.1 Å². The Morgan fingerprint density at radius 3 is 2.50 bits per heavy atom. The van der Waals surface area contributed by atoms with Gasteiger partial charge in [0.05, 0.1) is 12.8 Å². The monoisotopic (exact) mass is 299 g/mol. The van der Waals surface area contributed by atoms with Gasteiger partial charge in [0, 0.05) is 0 Å². The summed E-state index contributed by atoms with van der Waals surface area (Å²) in [6, 6.07) is 12.9. The number of pyridine rings is 1. The Labute approximate surface area is 128 Å². The molecule has 2 rings (SSSR count). The molecule has 1 aromatic heterocycles. The lowest BCUT2D eigenvalue weighted by atomic mass is 10.2. The van der Waals surface area contributed by atoms with Gasteiger partial charge in [0.2, 0.25) is 0 Å². The quantitative estimate of drug-likeness (QED) is 0.447. The SMILES string of the molecule is CCOC(=O)CC(=O)c1ccc(OCc2ccccc2)cn1. The highest BCUT2D eigenvalue weighted by Crippen LogP contribution is 2.13. The van der Waals surface area contributed by atoms with E-state index < -0.39 is 5.97 Å². The molecule has 0 aliphatic heterocycles. The van der Waals surface area contributed by atoms with Gasteiger partial charge in [-0.1, -0.05) is 30.3 Å². The summed E-state index contributed by atoms with van der Waals surface area (Å²) in [6.07, 6.45) is 1.17. The zero-order valence-electron chi connectivity index (χ0n) is 12.3. The first-order valence-corrected chi connectivity index (χ1v) is 7.00. The maximum absolute atomic E-state index is 11.8. The Morgan fingerprint density at radius 2 is 1.86 bits per heavy atom. The predicted molar refractivity (Wildman–Crippen MR) is 80.6 cm³/mol. The molecule has 0 fully saturated rings. The lowest BCUT2D eigenvalue weighted by Crippen LogP contribution is -2.12. The number of aromatic nitrogens is 1. The van der Waals surface area contributed by atoms with Crippen LogP contribution < -0.4 is 4.74 Å². The molecule has 1 heterocycles. The Bertz CT molecular complexity index is 623. The molecule has 0 aliphatic carbocycles. The zero-order chi connectivity index (χ0) is 15.8. The number of hydrogen-bond acceptors (Lipinski definition) is 5. The standard InChI is InChI=1S/C17H17NO4/c1-2-21-17(20)10-16(19)15-9-8-14(11-18-15)22-12-13-6-4-3-5-7-13/h3-9,11H,2,10,12H2,1H3. The molecule has 5 heteroatoms. The van der Waals surface area contributed by atoms with Gasteiger partial charge in [-0.25, -0.2) is 4.98 Å². The number of carbonyl (C=O) groups is 2. The van der Waals surface area contributed by atoms with E-state index in [1.807, 2.05) is 30.3 Å². The number of esters is 1. The first kappa shape index (κ1) is 15.7. The summed E-state index contributed by atoms with van der Waals surface area (Å²) in [5, 5.41) is 0. The van der Waals surface area contributed by atoms with Gasteiger partial charge in [0.15, 0.2) is 5.78 Å². The third-order valence-corrected chi connectivity index (χ3v) is 2.88. The van der Waals surface area contributed by atoms with E-state index in [0.717, 1.165) is 5.56 Å². The second-order valence-electron chi connectivity index (χ2n) is 4.56. The van der Waals surface area contributed by atoms with Crippen LogP contribution in [0.2, 0.25) is 0 Å². The topological polar surface area (TPSA) is 65.5 Å². The van der Waals surface area contributed by atoms with Gasteiger partial charge in [-0.3, -0.25) is 9.59 Å². The number of nitrogens with zero attached hydrogens (tertiary/aromatic N) is 1. The first-order chi connectivity index (χ1) is 10.7. The van der Waals surface area contributed by atoms with Gasteiger partial charge in [0.1, 0.15) is 24.5 Å². The molecular weight excluding hydrogens is 282 g/mol. The van der Waals surface area contributed by atoms with E-state index in [1.165, 1.54) is 6.20 Å². The molecule has 0 radical (unpaired) electrons. The van der Waals surface area contributed by atoms with Crippen molar-refractivity contribution in [2.45, 2.75) is 20.0 Å². The van der Waals surface area contributed by atoms with Gasteiger partial charge in [-0.2, -0.15) is 0 Å². The molecule has 22 heavy (non-hydrogen) atoms. The van der Waals surface area contributed by atoms with Crippen LogP contribution in [0.15, 0.2) is 48.7 Å². The fourth-order valence-corrected chi connectivity index (χ4v) is 1.81. The van der Waals surface area contributed by atoms with Crippen LogP contribution in [0.3, 0.4) is 0 Å². The van der Waals surface area contributed by atoms with Gasteiger partial charge < -0.3 is 9.47 Å². The molecule has 0 spiro atoms. The molecule has 5 nitrogen and oxygen atoms in total. The number of ketones is 1. The molecule has 114 valence electrons. The van der Waals surface area contributed by atoms with E-state index in [-0.39, 0.29) is 24.5 Å². The fraction of sp³-hybridized carbons (Fsp3) is 0.235. The Hall–Kier alpha value is -2.69. The van der Waals surface area contributed by atoms with Crippen LogP contribution in [0, 0.1) is 0 Å². The van der Waals surface area contributed by atoms with Crippen molar-refractivity contribution in [1.29, 1.82) is 0 Å². The van der Waals surface area contributed by atoms with Crippen molar-refractivity contribution in [3.8, 4) is 5.75 Å². The highest BCUT2D eigenvalue weighted by Gasteiger charge is 2.13. The number of rotatable bonds is 7. The summed E-state index contributed by atoms with van der Waals surface area (Å²) in [5.74, 6) is -0.344. The minimum atomic E-state index is -0.543. The van der Waals surface area contributed by atoms with Crippen LogP contribution in [0.1, 0.15) is 29.4 Å². The second-order valence-corrected chi connectivity index (χ2v) is 4.56. The highest BCUT2D eigenvalue weighted by atomic mass is 16.5. The van der Waals surface area contributed by atoms with Gasteiger partial charge in [-0.05, 0) is 24.6 Å². The van der Waals surface area contributed by atoms with Crippen molar-refractivity contribution in [3.05, 3.63) is 59.9 Å². The number of hydrogen-bond donors (Lipinski definition) is 0. The van der Waals surface area contributed by atoms with Crippen LogP contribution in [-0.2, 0) is 16.1 Å². The molecule has 2 aromatic rings. The van der Waals surface area contributed by atoms with Gasteiger partial charge >= 0.3 is 5.97 Å². The summed E-state index contributed by atoms with van der Waals surface area (Å²) in [6.45, 7) is 2.38. The first-order valence-electron chi connectivity index (χ1n) is 7.00. The van der Waals surface area contributed by atoms with Crippen molar-refractivity contribution in [2.24, 2.45) is 0 Å². The lowest BCUT2D eigenvalue weighted by molar-refractivity contribution is -0.141. The minimum absolute atomic E-state index is 0.222. The molecule has 0 bridgehead atoms. The largest absolute Gasteiger partial charge is 0.487 e. The molecular formula is C17H17NO4. The third-order valence-electron chi connectivity index (χ3n) is 2.88. The zero-order valence-corrected chi connectivity index (χ0v) is 12.3. The number of Topliss-reactive ketones (excluding diaryl/α,β-unsaturated/α-hetero) is 1. The third kappa shape index (κ3) is 4.70. The van der Waals surface area contributed by atoms with E-state index in [2.05, 4.69) is 4.98 Å². The van der Waals surface area contributed by atoms with E-state index in [4.69, 9.17) is 9.47 Å². The van der Waals surface area contributed by atoms with Crippen molar-refractivity contribution in [3.63, 3.8) is 0 Å². The summed E-state index contributed by atoms with van der Waals surface area (Å²) < 4.78 is 10.3. The summed E-state index contributed by atoms with van der Waals surface area (Å²) >= 11 is 0. The van der Waals surface area contributed by atoms with Gasteiger partial charge in [0.25, 0.3) is 0 Å². The molecule has 1 aromatic carbocycles. The molecule has 0 amide bonds. The van der Waals surface area contributed by atoms with Crippen LogP contribution in [-0.4, -0.2) is 23.3 Å². The molecule has 0 atom stereocenters. The summed E-state index contributed by atoms with van der Waals surface area (Å²) in [5.41, 5.74) is 1.27. The maximum Gasteiger partial charge on any atom is 0.313 e.